The van der Waals surface area contributed by atoms with Crippen LogP contribution in [0.5, 0.6) is 5.75 Å². The van der Waals surface area contributed by atoms with Crippen LogP contribution in [0.2, 0.25) is 0 Å². The largest absolute Gasteiger partial charge is 0.497 e. The molecular weight excluding hydrogens is 350 g/mol. The van der Waals surface area contributed by atoms with E-state index in [9.17, 15) is 14.9 Å². The normalized spacial score (nSPS) is 11.7. The molecule has 8 nitrogen and oxygen atoms in total. The van der Waals surface area contributed by atoms with Crippen molar-refractivity contribution in [2.75, 3.05) is 40.2 Å². The van der Waals surface area contributed by atoms with Crippen LogP contribution < -0.4 is 10.1 Å². The van der Waals surface area contributed by atoms with E-state index >= 15 is 0 Å². The van der Waals surface area contributed by atoms with Gasteiger partial charge in [-0.1, -0.05) is 12.1 Å². The maximum absolute atomic E-state index is 11.8. The fourth-order valence-corrected chi connectivity index (χ4v) is 2.72. The quantitative estimate of drug-likeness (QED) is 0.432. The SMILES string of the molecule is COC(=O)c1cc(NCC(c2ccc(OC)cc2)N(C)C)ccc1[N+](=O)[O-]. The first kappa shape index (κ1) is 20.2. The van der Waals surface area contributed by atoms with E-state index in [1.807, 2.05) is 38.4 Å². The van der Waals surface area contributed by atoms with E-state index in [4.69, 9.17) is 4.74 Å². The van der Waals surface area contributed by atoms with E-state index in [1.54, 1.807) is 13.2 Å². The van der Waals surface area contributed by atoms with Gasteiger partial charge in [0, 0.05) is 18.3 Å². The molecule has 0 fully saturated rings. The van der Waals surface area contributed by atoms with Gasteiger partial charge in [0.2, 0.25) is 0 Å². The van der Waals surface area contributed by atoms with Crippen LogP contribution in [0.25, 0.3) is 0 Å². The zero-order chi connectivity index (χ0) is 20.0. The Morgan fingerprint density at radius 2 is 1.85 bits per heavy atom. The molecule has 27 heavy (non-hydrogen) atoms. The molecule has 0 saturated carbocycles. The second kappa shape index (κ2) is 9.00. The Morgan fingerprint density at radius 3 is 2.37 bits per heavy atom. The second-order valence-electron chi connectivity index (χ2n) is 6.11. The Hall–Kier alpha value is -3.13. The molecule has 1 N–H and O–H groups in total. The van der Waals surface area contributed by atoms with Crippen LogP contribution in [0, 0.1) is 10.1 Å². The van der Waals surface area contributed by atoms with Gasteiger partial charge in [-0.3, -0.25) is 10.1 Å². The van der Waals surface area contributed by atoms with Crippen molar-refractivity contribution in [3.8, 4) is 5.75 Å². The summed E-state index contributed by atoms with van der Waals surface area (Å²) in [4.78, 5) is 24.4. The van der Waals surface area contributed by atoms with E-state index in [-0.39, 0.29) is 17.3 Å². The molecule has 0 aliphatic rings. The number of likely N-dealkylation sites (N-methyl/N-ethyl adjacent to an activating group) is 1. The first-order chi connectivity index (χ1) is 12.9. The molecule has 2 aromatic rings. The summed E-state index contributed by atoms with van der Waals surface area (Å²) in [5, 5.41) is 14.3. The number of anilines is 1. The first-order valence-electron chi connectivity index (χ1n) is 8.28. The monoisotopic (exact) mass is 373 g/mol. The van der Waals surface area contributed by atoms with Crippen molar-refractivity contribution in [1.82, 2.24) is 4.90 Å². The number of hydrogen-bond acceptors (Lipinski definition) is 7. The number of nitro benzene ring substituents is 1. The molecule has 0 spiro atoms. The maximum Gasteiger partial charge on any atom is 0.344 e. The summed E-state index contributed by atoms with van der Waals surface area (Å²) in [6.45, 7) is 0.539. The number of nitrogens with one attached hydrogen (secondary N) is 1. The molecule has 0 bridgehead atoms. The van der Waals surface area contributed by atoms with Crippen molar-refractivity contribution in [3.63, 3.8) is 0 Å². The summed E-state index contributed by atoms with van der Waals surface area (Å²) < 4.78 is 9.83. The van der Waals surface area contributed by atoms with Crippen molar-refractivity contribution in [3.05, 3.63) is 63.7 Å². The number of ether oxygens (including phenoxy) is 2. The van der Waals surface area contributed by atoms with Gasteiger partial charge in [0.1, 0.15) is 11.3 Å². The van der Waals surface area contributed by atoms with Gasteiger partial charge < -0.3 is 19.7 Å². The minimum atomic E-state index is -0.746. The average molecular weight is 373 g/mol. The van der Waals surface area contributed by atoms with Gasteiger partial charge in [0.15, 0.2) is 0 Å². The number of nitrogens with zero attached hydrogens (tertiary/aromatic N) is 2. The minimum absolute atomic E-state index is 0.0488. The van der Waals surface area contributed by atoms with Crippen LogP contribution in [0.4, 0.5) is 11.4 Å². The molecule has 0 aliphatic carbocycles. The molecule has 0 aromatic heterocycles. The topological polar surface area (TPSA) is 93.9 Å². The first-order valence-corrected chi connectivity index (χ1v) is 8.28. The molecule has 144 valence electrons. The van der Waals surface area contributed by atoms with Gasteiger partial charge in [0.25, 0.3) is 5.69 Å². The van der Waals surface area contributed by atoms with Gasteiger partial charge in [-0.05, 0) is 43.9 Å². The third kappa shape index (κ3) is 4.95. The van der Waals surface area contributed by atoms with Gasteiger partial charge in [-0.2, -0.15) is 0 Å². The number of nitro groups is 1. The number of esters is 1. The third-order valence-corrected chi connectivity index (χ3v) is 4.22. The molecule has 8 heteroatoms. The summed E-state index contributed by atoms with van der Waals surface area (Å²) in [5.74, 6) is 0.0342. The van der Waals surface area contributed by atoms with Crippen molar-refractivity contribution < 1.29 is 19.2 Å². The summed E-state index contributed by atoms with van der Waals surface area (Å²) in [6, 6.07) is 12.1. The number of benzene rings is 2. The van der Waals surface area contributed by atoms with E-state index in [0.717, 1.165) is 11.3 Å². The molecule has 0 amide bonds. The van der Waals surface area contributed by atoms with Crippen LogP contribution in [-0.2, 0) is 4.74 Å². The fraction of sp³-hybridized carbons (Fsp3) is 0.316. The highest BCUT2D eigenvalue weighted by molar-refractivity contribution is 5.95. The molecule has 0 saturated heterocycles. The van der Waals surface area contributed by atoms with E-state index in [1.165, 1.54) is 19.2 Å². The summed E-state index contributed by atoms with van der Waals surface area (Å²) in [5.41, 5.74) is 1.31. The molecule has 0 heterocycles. The summed E-state index contributed by atoms with van der Waals surface area (Å²) in [7, 11) is 6.74. The fourth-order valence-electron chi connectivity index (χ4n) is 2.72. The van der Waals surface area contributed by atoms with Crippen LogP contribution in [0.15, 0.2) is 42.5 Å². The Labute approximate surface area is 157 Å². The number of hydrogen-bond donors (Lipinski definition) is 1. The lowest BCUT2D eigenvalue weighted by atomic mass is 10.1. The van der Waals surface area contributed by atoms with Crippen LogP contribution in [0.1, 0.15) is 22.0 Å². The van der Waals surface area contributed by atoms with Crippen LogP contribution >= 0.6 is 0 Å². The van der Waals surface area contributed by atoms with E-state index in [2.05, 4.69) is 15.0 Å². The van der Waals surface area contributed by atoms with Crippen LogP contribution in [0.3, 0.4) is 0 Å². The molecule has 2 rings (SSSR count). The standard InChI is InChI=1S/C19H23N3O5/c1-21(2)18(13-5-8-15(26-3)9-6-13)12-20-14-7-10-17(22(24)25)16(11-14)19(23)27-4/h5-11,18,20H,12H2,1-4H3. The smallest absolute Gasteiger partial charge is 0.344 e. The van der Waals surface area contributed by atoms with Gasteiger partial charge in [-0.15, -0.1) is 0 Å². The van der Waals surface area contributed by atoms with Crippen molar-refractivity contribution in [1.29, 1.82) is 0 Å². The zero-order valence-corrected chi connectivity index (χ0v) is 15.8. The van der Waals surface area contributed by atoms with Gasteiger partial charge in [-0.25, -0.2) is 4.79 Å². The van der Waals surface area contributed by atoms with E-state index in [0.29, 0.717) is 12.2 Å². The number of carbonyl (C=O) groups is 1. The Morgan fingerprint density at radius 1 is 1.19 bits per heavy atom. The van der Waals surface area contributed by atoms with Crippen molar-refractivity contribution in [2.45, 2.75) is 6.04 Å². The molecule has 0 radical (unpaired) electrons. The Balaban J connectivity index is 2.21. The molecule has 1 atom stereocenters. The third-order valence-electron chi connectivity index (χ3n) is 4.22. The zero-order valence-electron chi connectivity index (χ0n) is 15.8. The van der Waals surface area contributed by atoms with Crippen LogP contribution in [-0.4, -0.2) is 50.7 Å². The molecule has 1 unspecified atom stereocenters. The molecular formula is C19H23N3O5. The van der Waals surface area contributed by atoms with E-state index < -0.39 is 10.9 Å². The van der Waals surface area contributed by atoms with Crippen molar-refractivity contribution in [2.24, 2.45) is 0 Å². The lowest BCUT2D eigenvalue weighted by molar-refractivity contribution is -0.385. The Bertz CT molecular complexity index is 805. The lowest BCUT2D eigenvalue weighted by Gasteiger charge is -2.26. The highest BCUT2D eigenvalue weighted by Gasteiger charge is 2.22. The predicted octanol–water partition coefficient (Wildman–Crippen LogP) is 3.10. The maximum atomic E-state index is 11.8. The highest BCUT2D eigenvalue weighted by Crippen LogP contribution is 2.26. The molecule has 2 aromatic carbocycles. The molecule has 0 aliphatic heterocycles. The number of rotatable bonds is 8. The minimum Gasteiger partial charge on any atom is -0.497 e. The Kier molecular flexibility index (Phi) is 6.73. The van der Waals surface area contributed by atoms with Crippen molar-refractivity contribution >= 4 is 17.3 Å². The highest BCUT2D eigenvalue weighted by atomic mass is 16.6. The average Bonchev–Trinajstić information content (AvgIpc) is 2.67. The number of methoxy groups -OCH3 is 2. The second-order valence-corrected chi connectivity index (χ2v) is 6.11. The summed E-state index contributed by atoms with van der Waals surface area (Å²) >= 11 is 0. The van der Waals surface area contributed by atoms with Gasteiger partial charge >= 0.3 is 5.97 Å². The predicted molar refractivity (Wildman–Crippen MR) is 102 cm³/mol. The number of carbonyl (C=O) groups excluding carboxylic acids is 1. The van der Waals surface area contributed by atoms with Gasteiger partial charge in [0.05, 0.1) is 25.2 Å². The lowest BCUT2D eigenvalue weighted by Crippen LogP contribution is -2.26. The summed E-state index contributed by atoms with van der Waals surface area (Å²) in [6.07, 6.45) is 0.